The number of rotatable bonds is 39. The topological polar surface area (TPSA) is 1010 Å². The van der Waals surface area contributed by atoms with Gasteiger partial charge in [-0.25, -0.2) is 0 Å². The Morgan fingerprint density at radius 1 is 0.187 bits per heavy atom. The van der Waals surface area contributed by atoms with Gasteiger partial charge < -0.3 is 299 Å². The SMILES string of the molecule is CC(=O)N[C@@H]1[C@@H](O)[C@H](O[C@@H]2O[C@H](CO)[C@@H](O[C@@H]3O[C@H](CO[C@H]4O[C@H](CO[C@@H]5O[C@H](CO)[C@@H](O[C@@H]6O[C@H](CO)[C@H](O)[C@H](O)[C@H]6O)[C@H](O)[C@H]5NC(C)=O)[C@@H](O)[C@H](O)[C@@H]4O[C@@H]4O[C@H](CO)[C@@H](O)[C@H](O)[C@H]4NC(C)=O)[C@@H](O)[C@H](O[C@H]4O[C@H](CO)[C@@H](O[C@@H]5O[C@H](CO)[C@@H](O[C@@H]6O[C@H](CO)[C@H](O)[C@H](O)[C@H]6O[C@@H]6O[C@@H](C)[C@@H](O)[C@@H](O)[C@@H]6O)[C@H](O)[C@H]5NC(C)=O)[C@H](O)[C@@H]4O[C@@H]4O[C@H](CO)[C@@H](O)[C@H](O)[C@H]4NC(C)=O)[C@@H]3O)[C@H](O)[C@H]2NC(C)=O)[C@@H](CO)O[C@H]1O. The summed E-state index contributed by atoms with van der Waals surface area (Å²) >= 11 is 0. The van der Waals surface area contributed by atoms with Crippen LogP contribution in [0.2, 0.25) is 0 Å². The number of carbonyl (C=O) groups is 6. The predicted octanol–water partition coefficient (Wildman–Crippen LogP) is -25.3. The predicted molar refractivity (Wildman–Crippen MR) is 463 cm³/mol. The van der Waals surface area contributed by atoms with Crippen molar-refractivity contribution in [3.05, 3.63) is 0 Å². The van der Waals surface area contributed by atoms with Crippen LogP contribution in [0, 0.1) is 0 Å². The quantitative estimate of drug-likeness (QED) is 0.0272. The van der Waals surface area contributed by atoms with E-state index in [0.717, 1.165) is 41.5 Å². The molecule has 866 valence electrons. The number of hydrogen-bond acceptors (Lipinski definition) is 60. The lowest BCUT2D eigenvalue weighted by molar-refractivity contribution is -0.406. The minimum atomic E-state index is -2.79. The lowest BCUT2D eigenvalue weighted by Crippen LogP contribution is -2.71. The molecular weight excluding hydrogens is 2050 g/mol. The van der Waals surface area contributed by atoms with Gasteiger partial charge in [0.2, 0.25) is 35.4 Å². The molecule has 0 aromatic rings. The van der Waals surface area contributed by atoms with Gasteiger partial charge in [0.15, 0.2) is 75.5 Å². The highest BCUT2D eigenvalue weighted by Gasteiger charge is 2.64. The van der Waals surface area contributed by atoms with Crippen LogP contribution in [-0.2, 0) is 138 Å². The maximum atomic E-state index is 13.4. The van der Waals surface area contributed by atoms with Crippen molar-refractivity contribution < 1.29 is 296 Å². The Bertz CT molecular complexity index is 4250. The van der Waals surface area contributed by atoms with Crippen LogP contribution in [0.25, 0.3) is 0 Å². The molecule has 0 radical (unpaired) electrons. The van der Waals surface area contributed by atoms with Gasteiger partial charge in [0.1, 0.15) is 287 Å². The van der Waals surface area contributed by atoms with Crippen molar-refractivity contribution in [2.24, 2.45) is 0 Å². The Labute approximate surface area is 849 Å². The second-order valence-electron chi connectivity index (χ2n) is 38.1. The first-order valence-electron chi connectivity index (χ1n) is 48.0. The van der Waals surface area contributed by atoms with E-state index in [1.54, 1.807) is 0 Å². The van der Waals surface area contributed by atoms with Crippen LogP contribution >= 0.6 is 0 Å². The maximum absolute atomic E-state index is 13.4. The van der Waals surface area contributed by atoms with E-state index in [0.29, 0.717) is 0 Å². The van der Waals surface area contributed by atoms with Crippen LogP contribution in [0.4, 0.5) is 0 Å². The van der Waals surface area contributed by atoms with Gasteiger partial charge in [-0.3, -0.25) is 28.8 Å². The fraction of sp³-hybridized carbons (Fsp3) is 0.929. The van der Waals surface area contributed by atoms with Gasteiger partial charge >= 0.3 is 0 Å². The molecule has 150 heavy (non-hydrogen) atoms. The van der Waals surface area contributed by atoms with Crippen LogP contribution in [0.5, 0.6) is 0 Å². The van der Waals surface area contributed by atoms with E-state index in [-0.39, 0.29) is 0 Å². The third-order valence-corrected chi connectivity index (χ3v) is 27.4. The summed E-state index contributed by atoms with van der Waals surface area (Å²) in [5.74, 6) is -5.83. The molecule has 0 bridgehead atoms. The molecule has 66 heteroatoms. The molecule has 0 saturated carbocycles. The minimum absolute atomic E-state index is 0.843. The molecule has 0 unspecified atom stereocenters. The van der Waals surface area contributed by atoms with Crippen molar-refractivity contribution in [3.8, 4) is 0 Å². The molecule has 12 rings (SSSR count). The molecule has 66 nitrogen and oxygen atoms in total. The van der Waals surface area contributed by atoms with E-state index in [4.69, 9.17) is 109 Å². The number of nitrogens with one attached hydrogen (secondary N) is 6. The Morgan fingerprint density at radius 3 is 0.813 bits per heavy atom. The Kier molecular flexibility index (Phi) is 44.4. The highest BCUT2D eigenvalue weighted by atomic mass is 16.8. The van der Waals surface area contributed by atoms with E-state index in [9.17, 15) is 187 Å². The van der Waals surface area contributed by atoms with Gasteiger partial charge in [-0.05, 0) is 6.92 Å². The van der Waals surface area contributed by atoms with Crippen molar-refractivity contribution in [2.75, 3.05) is 72.7 Å². The Balaban J connectivity index is 0.923. The molecule has 12 fully saturated rings. The zero-order valence-corrected chi connectivity index (χ0v) is 81.1. The summed E-state index contributed by atoms with van der Waals surface area (Å²) in [5.41, 5.74) is 0. The van der Waals surface area contributed by atoms with Crippen molar-refractivity contribution in [1.29, 1.82) is 0 Å². The van der Waals surface area contributed by atoms with Gasteiger partial charge in [0.25, 0.3) is 0 Å². The monoisotopic (exact) mass is 2190 g/mol. The molecule has 0 aliphatic carbocycles. The maximum Gasteiger partial charge on any atom is 0.217 e. The van der Waals surface area contributed by atoms with Gasteiger partial charge in [-0.15, -0.1) is 0 Å². The molecule has 12 heterocycles. The van der Waals surface area contributed by atoms with E-state index >= 15 is 0 Å². The largest absolute Gasteiger partial charge is 0.394 e. The van der Waals surface area contributed by atoms with Gasteiger partial charge in [-0.1, -0.05) is 0 Å². The minimum Gasteiger partial charge on any atom is -0.394 e. The van der Waals surface area contributed by atoms with Gasteiger partial charge in [0, 0.05) is 41.5 Å². The van der Waals surface area contributed by atoms with E-state index < -0.39 is 476 Å². The molecule has 0 spiro atoms. The fourth-order valence-electron chi connectivity index (χ4n) is 19.5. The van der Waals surface area contributed by atoms with Crippen LogP contribution in [0.3, 0.4) is 0 Å². The number of amides is 6. The van der Waals surface area contributed by atoms with E-state index in [1.807, 2.05) is 0 Å². The van der Waals surface area contributed by atoms with Crippen LogP contribution < -0.4 is 31.9 Å². The average molecular weight is 2190 g/mol. The molecule has 0 aromatic heterocycles. The zero-order valence-electron chi connectivity index (χ0n) is 81.1. The molecule has 6 amide bonds. The summed E-state index contributed by atoms with van der Waals surface area (Å²) in [5, 5.41) is 368. The number of ether oxygens (including phenoxy) is 23. The fourth-order valence-corrected chi connectivity index (χ4v) is 19.5. The molecule has 12 saturated heterocycles. The second-order valence-corrected chi connectivity index (χ2v) is 38.1. The first-order valence-corrected chi connectivity index (χ1v) is 48.0. The van der Waals surface area contributed by atoms with Crippen LogP contribution in [-0.4, -0.2) is 635 Å². The Morgan fingerprint density at radius 2 is 0.413 bits per heavy atom. The summed E-state index contributed by atoms with van der Waals surface area (Å²) in [6.07, 6.45) is -117. The summed E-state index contributed by atoms with van der Waals surface area (Å²) < 4.78 is 139. The van der Waals surface area contributed by atoms with Crippen molar-refractivity contribution in [1.82, 2.24) is 31.9 Å². The summed E-state index contributed by atoms with van der Waals surface area (Å²) in [7, 11) is 0. The number of hydrogen-bond donors (Lipinski definition) is 37. The first kappa shape index (κ1) is 123. The average Bonchev–Trinajstić information content (AvgIpc) is 0.753. The molecule has 12 aliphatic rings. The van der Waals surface area contributed by atoms with Crippen molar-refractivity contribution in [3.63, 3.8) is 0 Å². The summed E-state index contributed by atoms with van der Waals surface area (Å²) in [4.78, 5) is 78.2. The third-order valence-electron chi connectivity index (χ3n) is 27.4. The number of aliphatic hydroxyl groups is 31. The van der Waals surface area contributed by atoms with E-state index in [2.05, 4.69) is 31.9 Å². The highest BCUT2D eigenvalue weighted by molar-refractivity contribution is 5.75. The lowest BCUT2D eigenvalue weighted by Gasteiger charge is -2.52. The first-order chi connectivity index (χ1) is 70.9. The smallest absolute Gasteiger partial charge is 0.217 e. The van der Waals surface area contributed by atoms with Crippen molar-refractivity contribution in [2.45, 2.75) is 417 Å². The third kappa shape index (κ3) is 27.5. The zero-order chi connectivity index (χ0) is 110. The lowest BCUT2D eigenvalue weighted by atomic mass is 9.93. The Hall–Kier alpha value is -5.34. The molecule has 37 N–H and O–H groups in total. The summed E-state index contributed by atoms with van der Waals surface area (Å²) in [6, 6.07) is -11.7. The van der Waals surface area contributed by atoms with Gasteiger partial charge in [-0.2, -0.15) is 0 Å². The number of aliphatic hydroxyl groups excluding tert-OH is 31. The van der Waals surface area contributed by atoms with Crippen LogP contribution in [0.1, 0.15) is 48.5 Å². The molecular formula is C84H140N6O60. The van der Waals surface area contributed by atoms with E-state index in [1.165, 1.54) is 6.92 Å². The highest BCUT2D eigenvalue weighted by Crippen LogP contribution is 2.43. The van der Waals surface area contributed by atoms with Gasteiger partial charge in [0.05, 0.1) is 78.8 Å². The number of carbonyl (C=O) groups excluding carboxylic acids is 6. The van der Waals surface area contributed by atoms with Crippen molar-refractivity contribution >= 4 is 35.4 Å². The molecule has 60 atom stereocenters. The van der Waals surface area contributed by atoms with Crippen LogP contribution in [0.15, 0.2) is 0 Å². The normalized spacial score (nSPS) is 48.8. The molecule has 0 aromatic carbocycles. The second kappa shape index (κ2) is 54.0. The molecule has 12 aliphatic heterocycles. The standard InChI is InChI=1S/C84H140N6O60/c1-19-43(106)56(119)60(123)79(130-19)150-71-58(121)47(110)29(11-94)135-83(71)146-67-33(15-98)138-78(42(55(67)118)90-25(7)105)143-68-34(16-99)139-84(72(62(68)125)149-76-39(87-22(4)102)51(114)45(108)27(9-92)133-76)147-69-49(112)36(140-81(63(69)126)145-66-32(14-97)137-77(41(54(66)117)89-24(6)104)142-64-30(12-95)131-73(127)37(52(64)115)85-20(2)100)18-129-82-70(148-75-38(86-21(3)101)50(113)44(107)26(8-91)132-75)59(122)48(111)35(141-82)17-128-74-40(88-23(5)103)53(116)65(31(13-96)136-74)144-80-61(124)57(120)46(109)28(10-93)134-80/h19,26-84,91-99,106-127H,8-18H2,1-7H3,(H,85,100)(H,86,101)(H,87,102)(H,88,103)(H,89,104)(H,90,105)/t19-,26+,27+,28+,29+,30+,31+,32+,33+,34+,35+,36+,37+,38+,39+,40+,41+,42+,43+,44+,45+,46-,47-,48+,49+,50+,51+,52+,53+,54+,55+,56+,57-,58-,59-,60-,61+,62-,63-,64+,65+,66+,67+,68+,69-,70-,71+,72-,73+,74+,75-,76-,77-,78-,79-,80-,81-,82-,83-,84+/m0/s1. The summed E-state index contributed by atoms with van der Waals surface area (Å²) in [6.45, 7) is -6.38.